The lowest BCUT2D eigenvalue weighted by atomic mass is 9.99. The summed E-state index contributed by atoms with van der Waals surface area (Å²) < 4.78 is 0. The van der Waals surface area contributed by atoms with E-state index in [-0.39, 0.29) is 11.5 Å². The third-order valence-corrected chi connectivity index (χ3v) is 2.00. The number of rotatable bonds is 0. The molecule has 1 heterocycles. The largest absolute Gasteiger partial charge is 0.333 e. The molecule has 4 N–H and O–H groups in total. The average molecular weight is 180 g/mol. The van der Waals surface area contributed by atoms with Gasteiger partial charge in [0.25, 0.3) is 0 Å². The van der Waals surface area contributed by atoms with Crippen molar-refractivity contribution in [1.82, 2.24) is 0 Å². The molecule has 4 heteroatoms. The Morgan fingerprint density at radius 1 is 1.00 bits per heavy atom. The fraction of sp³-hybridized carbons (Fsp3) is 0.444. The van der Waals surface area contributed by atoms with E-state index >= 15 is 0 Å². The molecule has 0 bridgehead atoms. The Kier molecular flexibility index (Phi) is 4.20. The second kappa shape index (κ2) is 4.67. The molecule has 1 rings (SSSR count). The molecular weight excluding hydrogens is 164 g/mol. The van der Waals surface area contributed by atoms with Crippen LogP contribution < -0.4 is 5.73 Å². The van der Waals surface area contributed by atoms with Gasteiger partial charge < -0.3 is 5.73 Å². The highest BCUT2D eigenvalue weighted by Gasteiger charge is 2.15. The van der Waals surface area contributed by atoms with Crippen molar-refractivity contribution in [2.24, 2.45) is 10.7 Å². The normalized spacial score (nSPS) is 16.5. The van der Waals surface area contributed by atoms with Crippen LogP contribution in [-0.2, 0) is 0 Å². The van der Waals surface area contributed by atoms with E-state index in [4.69, 9.17) is 10.8 Å². The van der Waals surface area contributed by atoms with Gasteiger partial charge in [0.1, 0.15) is 5.71 Å². The summed E-state index contributed by atoms with van der Waals surface area (Å²) in [5.74, 6) is 0.0746. The van der Waals surface area contributed by atoms with Crippen LogP contribution in [0, 0.1) is 10.8 Å². The highest BCUT2D eigenvalue weighted by Crippen LogP contribution is 2.13. The molecule has 0 aromatic heterocycles. The van der Waals surface area contributed by atoms with Gasteiger partial charge in [0, 0.05) is 5.71 Å². The zero-order valence-corrected chi connectivity index (χ0v) is 8.52. The van der Waals surface area contributed by atoms with Crippen LogP contribution in [0.15, 0.2) is 16.1 Å². The number of aliphatic imine (C=N–C) groups is 1. The summed E-state index contributed by atoms with van der Waals surface area (Å²) >= 11 is 0. The lowest BCUT2D eigenvalue weighted by molar-refractivity contribution is 1.33. The first-order chi connectivity index (χ1) is 6.04. The van der Waals surface area contributed by atoms with Gasteiger partial charge in [0.2, 0.25) is 0 Å². The monoisotopic (exact) mass is 180 g/mol. The number of hydrogen-bond acceptors (Lipinski definition) is 3. The van der Waals surface area contributed by atoms with Gasteiger partial charge in [-0.05, 0) is 39.0 Å². The summed E-state index contributed by atoms with van der Waals surface area (Å²) in [7, 11) is 1.50. The number of nitrogens with two attached hydrogens (primary N) is 1. The predicted octanol–water partition coefficient (Wildman–Crippen LogP) is 1.37. The Morgan fingerprint density at radius 2 is 1.46 bits per heavy atom. The van der Waals surface area contributed by atoms with Crippen molar-refractivity contribution in [3.63, 3.8) is 0 Å². The van der Waals surface area contributed by atoms with Crippen molar-refractivity contribution in [3.8, 4) is 0 Å². The molecule has 0 saturated heterocycles. The van der Waals surface area contributed by atoms with Crippen molar-refractivity contribution in [2.75, 3.05) is 7.05 Å². The zero-order chi connectivity index (χ0) is 10.6. The van der Waals surface area contributed by atoms with E-state index in [0.717, 1.165) is 16.9 Å². The van der Waals surface area contributed by atoms with Crippen LogP contribution >= 0.6 is 0 Å². The van der Waals surface area contributed by atoms with E-state index in [0.29, 0.717) is 0 Å². The summed E-state index contributed by atoms with van der Waals surface area (Å²) in [5, 5.41) is 14.7. The standard InChI is InChI=1S/C8H11N3.CH5N/c1-4-5(2)7(9)8(10)11-6(4)3;1-2/h9-10H,1-3H3;2H2,1H3. The molecule has 0 fully saturated rings. The number of nitrogens with zero attached hydrogens (tertiary/aromatic N) is 1. The summed E-state index contributed by atoms with van der Waals surface area (Å²) in [4.78, 5) is 3.91. The Labute approximate surface area is 78.6 Å². The van der Waals surface area contributed by atoms with Gasteiger partial charge in [-0.1, -0.05) is 0 Å². The van der Waals surface area contributed by atoms with Crippen LogP contribution in [0.5, 0.6) is 0 Å². The van der Waals surface area contributed by atoms with Crippen LogP contribution in [0.4, 0.5) is 0 Å². The molecule has 72 valence electrons. The topological polar surface area (TPSA) is 86.1 Å². The van der Waals surface area contributed by atoms with Crippen molar-refractivity contribution in [3.05, 3.63) is 11.1 Å². The number of nitrogens with one attached hydrogen (secondary N) is 2. The van der Waals surface area contributed by atoms with Gasteiger partial charge in [-0.2, -0.15) is 0 Å². The van der Waals surface area contributed by atoms with Gasteiger partial charge in [-0.25, -0.2) is 4.99 Å². The highest BCUT2D eigenvalue weighted by atomic mass is 14.9. The minimum atomic E-state index is 0.0746. The molecule has 0 amide bonds. The molecule has 1 aliphatic heterocycles. The molecule has 0 atom stereocenters. The van der Waals surface area contributed by atoms with Crippen molar-refractivity contribution < 1.29 is 0 Å². The second-order valence-corrected chi connectivity index (χ2v) is 2.67. The van der Waals surface area contributed by atoms with Crippen LogP contribution in [0.1, 0.15) is 20.8 Å². The maximum atomic E-state index is 7.43. The van der Waals surface area contributed by atoms with Crippen molar-refractivity contribution in [1.29, 1.82) is 10.8 Å². The Hall–Kier alpha value is -1.29. The van der Waals surface area contributed by atoms with E-state index < -0.39 is 0 Å². The van der Waals surface area contributed by atoms with Gasteiger partial charge in [0.15, 0.2) is 5.84 Å². The van der Waals surface area contributed by atoms with Crippen LogP contribution in [0.25, 0.3) is 0 Å². The number of amidine groups is 1. The Morgan fingerprint density at radius 3 is 1.92 bits per heavy atom. The molecule has 4 nitrogen and oxygen atoms in total. The Bertz CT molecular complexity index is 297. The molecule has 0 aromatic rings. The van der Waals surface area contributed by atoms with Gasteiger partial charge in [-0.3, -0.25) is 10.8 Å². The fourth-order valence-corrected chi connectivity index (χ4v) is 0.944. The first-order valence-electron chi connectivity index (χ1n) is 4.02. The summed E-state index contributed by atoms with van der Waals surface area (Å²) in [6, 6.07) is 0. The van der Waals surface area contributed by atoms with E-state index in [1.807, 2.05) is 20.8 Å². The first kappa shape index (κ1) is 11.7. The number of dihydropyridines is 1. The smallest absolute Gasteiger partial charge is 0.170 e. The number of allylic oxidation sites excluding steroid dienone is 1. The quantitative estimate of drug-likeness (QED) is 0.516. The molecule has 0 unspecified atom stereocenters. The minimum Gasteiger partial charge on any atom is -0.333 e. The fourth-order valence-electron chi connectivity index (χ4n) is 0.944. The van der Waals surface area contributed by atoms with E-state index in [2.05, 4.69) is 10.7 Å². The van der Waals surface area contributed by atoms with Gasteiger partial charge in [-0.15, -0.1) is 0 Å². The SMILES string of the molecule is CC1=NC(=N)C(=N)C(C)=C1C.CN. The molecule has 0 saturated carbocycles. The van der Waals surface area contributed by atoms with Gasteiger partial charge >= 0.3 is 0 Å². The maximum Gasteiger partial charge on any atom is 0.170 e. The highest BCUT2D eigenvalue weighted by molar-refractivity contribution is 6.49. The molecule has 0 spiro atoms. The van der Waals surface area contributed by atoms with Crippen molar-refractivity contribution >= 4 is 17.3 Å². The van der Waals surface area contributed by atoms with Gasteiger partial charge in [0.05, 0.1) is 0 Å². The maximum absolute atomic E-state index is 7.43. The number of hydrogen-bond donors (Lipinski definition) is 3. The molecule has 0 aliphatic carbocycles. The van der Waals surface area contributed by atoms with Crippen LogP contribution in [0.2, 0.25) is 0 Å². The lowest BCUT2D eigenvalue weighted by Gasteiger charge is -2.13. The summed E-state index contributed by atoms with van der Waals surface area (Å²) in [6.07, 6.45) is 0. The molecular formula is C9H16N4. The van der Waals surface area contributed by atoms with E-state index in [1.165, 1.54) is 7.05 Å². The van der Waals surface area contributed by atoms with Crippen molar-refractivity contribution in [2.45, 2.75) is 20.8 Å². The Balaban J connectivity index is 0.000000671. The first-order valence-corrected chi connectivity index (χ1v) is 4.02. The molecule has 13 heavy (non-hydrogen) atoms. The minimum absolute atomic E-state index is 0.0746. The van der Waals surface area contributed by atoms with Crippen LogP contribution in [-0.4, -0.2) is 24.3 Å². The second-order valence-electron chi connectivity index (χ2n) is 2.67. The summed E-state index contributed by atoms with van der Waals surface area (Å²) in [6.45, 7) is 5.64. The zero-order valence-electron chi connectivity index (χ0n) is 8.52. The van der Waals surface area contributed by atoms with E-state index in [9.17, 15) is 0 Å². The molecule has 0 radical (unpaired) electrons. The third kappa shape index (κ3) is 2.32. The predicted molar refractivity (Wildman–Crippen MR) is 57.0 cm³/mol. The summed E-state index contributed by atoms with van der Waals surface area (Å²) in [5.41, 5.74) is 7.48. The van der Waals surface area contributed by atoms with Crippen LogP contribution in [0.3, 0.4) is 0 Å². The van der Waals surface area contributed by atoms with E-state index in [1.54, 1.807) is 0 Å². The lowest BCUT2D eigenvalue weighted by Crippen LogP contribution is -2.20. The molecule has 1 aliphatic rings. The molecule has 0 aromatic carbocycles. The third-order valence-electron chi connectivity index (χ3n) is 2.00. The average Bonchev–Trinajstić information content (AvgIpc) is 2.15.